The highest BCUT2D eigenvalue weighted by Crippen LogP contribution is 2.08. The number of nitrogens with one attached hydrogen (secondary N) is 2. The van der Waals surface area contributed by atoms with Gasteiger partial charge in [-0.1, -0.05) is 0 Å². The first kappa shape index (κ1) is 10.9. The number of piperidine rings is 1. The van der Waals surface area contributed by atoms with Gasteiger partial charge in [-0.2, -0.15) is 0 Å². The second-order valence-corrected chi connectivity index (χ2v) is 5.18. The molecule has 0 aromatic rings. The molecule has 13 heavy (non-hydrogen) atoms. The third-order valence-corrected chi connectivity index (χ3v) is 3.54. The summed E-state index contributed by atoms with van der Waals surface area (Å²) in [6.07, 6.45) is -0.601. The molecule has 1 heterocycles. The Morgan fingerprint density at radius 1 is 1.62 bits per heavy atom. The predicted octanol–water partition coefficient (Wildman–Crippen LogP) is -0.374. The highest BCUT2D eigenvalue weighted by molar-refractivity contribution is 7.89. The minimum absolute atomic E-state index is 0.00362. The van der Waals surface area contributed by atoms with Gasteiger partial charge >= 0.3 is 0 Å². The molecular weight excluding hydrogens is 195 g/mol. The SMILES string of the molecule is CCS(=O)(=O)NC1CCNCC1F. The molecule has 0 aromatic carbocycles. The average Bonchev–Trinajstić information content (AvgIpc) is 2.09. The van der Waals surface area contributed by atoms with E-state index in [-0.39, 0.29) is 12.3 Å². The van der Waals surface area contributed by atoms with E-state index in [1.54, 1.807) is 0 Å². The van der Waals surface area contributed by atoms with E-state index in [0.717, 1.165) is 0 Å². The summed E-state index contributed by atoms with van der Waals surface area (Å²) in [6.45, 7) is 2.44. The first-order valence-corrected chi connectivity index (χ1v) is 6.05. The van der Waals surface area contributed by atoms with Crippen molar-refractivity contribution in [2.45, 2.75) is 25.6 Å². The van der Waals surface area contributed by atoms with Crippen molar-refractivity contribution < 1.29 is 12.8 Å². The Kier molecular flexibility index (Phi) is 3.63. The fourth-order valence-electron chi connectivity index (χ4n) is 1.27. The van der Waals surface area contributed by atoms with Crippen LogP contribution in [0.2, 0.25) is 0 Å². The summed E-state index contributed by atoms with van der Waals surface area (Å²) < 4.78 is 37.7. The van der Waals surface area contributed by atoms with Crippen LogP contribution in [0.3, 0.4) is 0 Å². The Hall–Kier alpha value is -0.200. The van der Waals surface area contributed by atoms with E-state index >= 15 is 0 Å². The van der Waals surface area contributed by atoms with Gasteiger partial charge in [0.2, 0.25) is 10.0 Å². The van der Waals surface area contributed by atoms with Crippen LogP contribution < -0.4 is 10.0 Å². The topological polar surface area (TPSA) is 58.2 Å². The molecule has 2 N–H and O–H groups in total. The van der Waals surface area contributed by atoms with Crippen molar-refractivity contribution in [3.63, 3.8) is 0 Å². The number of sulfonamides is 1. The molecule has 2 atom stereocenters. The van der Waals surface area contributed by atoms with Gasteiger partial charge in [-0.25, -0.2) is 17.5 Å². The summed E-state index contributed by atoms with van der Waals surface area (Å²) in [5, 5.41) is 2.86. The lowest BCUT2D eigenvalue weighted by Crippen LogP contribution is -2.51. The van der Waals surface area contributed by atoms with Crippen LogP contribution >= 0.6 is 0 Å². The van der Waals surface area contributed by atoms with Crippen LogP contribution in [0.4, 0.5) is 4.39 Å². The summed E-state index contributed by atoms with van der Waals surface area (Å²) >= 11 is 0. The smallest absolute Gasteiger partial charge is 0.211 e. The van der Waals surface area contributed by atoms with Crippen molar-refractivity contribution in [3.8, 4) is 0 Å². The fraction of sp³-hybridized carbons (Fsp3) is 1.00. The molecule has 6 heteroatoms. The second kappa shape index (κ2) is 4.34. The molecule has 2 unspecified atom stereocenters. The van der Waals surface area contributed by atoms with Gasteiger partial charge in [0.1, 0.15) is 6.17 Å². The molecule has 4 nitrogen and oxygen atoms in total. The summed E-state index contributed by atoms with van der Waals surface area (Å²) in [5.41, 5.74) is 0. The van der Waals surface area contributed by atoms with E-state index in [1.165, 1.54) is 6.92 Å². The van der Waals surface area contributed by atoms with Crippen LogP contribution in [0.5, 0.6) is 0 Å². The lowest BCUT2D eigenvalue weighted by Gasteiger charge is -2.26. The lowest BCUT2D eigenvalue weighted by atomic mass is 10.1. The zero-order chi connectivity index (χ0) is 9.90. The van der Waals surface area contributed by atoms with Crippen molar-refractivity contribution in [3.05, 3.63) is 0 Å². The van der Waals surface area contributed by atoms with Crippen LogP contribution in [-0.2, 0) is 10.0 Å². The number of rotatable bonds is 3. The number of hydrogen-bond acceptors (Lipinski definition) is 3. The average molecular weight is 210 g/mol. The largest absolute Gasteiger partial charge is 0.314 e. The van der Waals surface area contributed by atoms with Crippen molar-refractivity contribution in [1.82, 2.24) is 10.0 Å². The van der Waals surface area contributed by atoms with E-state index in [2.05, 4.69) is 10.0 Å². The van der Waals surface area contributed by atoms with Gasteiger partial charge in [0.05, 0.1) is 11.8 Å². The molecule has 0 aliphatic carbocycles. The Morgan fingerprint density at radius 2 is 2.31 bits per heavy atom. The molecule has 78 valence electrons. The minimum atomic E-state index is -3.27. The molecule has 0 bridgehead atoms. The molecule has 1 fully saturated rings. The minimum Gasteiger partial charge on any atom is -0.314 e. The van der Waals surface area contributed by atoms with Gasteiger partial charge in [0, 0.05) is 6.54 Å². The van der Waals surface area contributed by atoms with E-state index < -0.39 is 22.2 Å². The molecule has 1 saturated heterocycles. The number of hydrogen-bond donors (Lipinski definition) is 2. The quantitative estimate of drug-likeness (QED) is 0.668. The van der Waals surface area contributed by atoms with E-state index in [9.17, 15) is 12.8 Å². The van der Waals surface area contributed by atoms with Crippen LogP contribution in [0.25, 0.3) is 0 Å². The van der Waals surface area contributed by atoms with Gasteiger partial charge in [-0.05, 0) is 19.9 Å². The van der Waals surface area contributed by atoms with Gasteiger partial charge in [-0.15, -0.1) is 0 Å². The Balaban J connectivity index is 2.52. The molecule has 0 amide bonds. The van der Waals surface area contributed by atoms with Crippen LogP contribution in [0.15, 0.2) is 0 Å². The molecule has 1 rings (SSSR count). The third kappa shape index (κ3) is 3.21. The van der Waals surface area contributed by atoms with E-state index in [1.807, 2.05) is 0 Å². The lowest BCUT2D eigenvalue weighted by molar-refractivity contribution is 0.221. The zero-order valence-electron chi connectivity index (χ0n) is 7.59. The zero-order valence-corrected chi connectivity index (χ0v) is 8.40. The number of alkyl halides is 1. The van der Waals surface area contributed by atoms with Crippen molar-refractivity contribution in [1.29, 1.82) is 0 Å². The Morgan fingerprint density at radius 3 is 2.85 bits per heavy atom. The van der Waals surface area contributed by atoms with Gasteiger partial charge < -0.3 is 5.32 Å². The summed E-state index contributed by atoms with van der Waals surface area (Å²) in [5.74, 6) is 0.00362. The Bertz CT molecular complexity index is 255. The first-order chi connectivity index (χ1) is 6.05. The van der Waals surface area contributed by atoms with Crippen molar-refractivity contribution >= 4 is 10.0 Å². The van der Waals surface area contributed by atoms with E-state index in [0.29, 0.717) is 13.0 Å². The van der Waals surface area contributed by atoms with Gasteiger partial charge in [0.15, 0.2) is 0 Å². The number of halogens is 1. The van der Waals surface area contributed by atoms with Crippen LogP contribution in [-0.4, -0.2) is 39.5 Å². The summed E-state index contributed by atoms with van der Waals surface area (Å²) in [6, 6.07) is -0.550. The summed E-state index contributed by atoms with van der Waals surface area (Å²) in [4.78, 5) is 0. The van der Waals surface area contributed by atoms with Gasteiger partial charge in [-0.3, -0.25) is 0 Å². The maximum absolute atomic E-state index is 13.1. The van der Waals surface area contributed by atoms with E-state index in [4.69, 9.17) is 0 Å². The first-order valence-electron chi connectivity index (χ1n) is 4.40. The second-order valence-electron chi connectivity index (χ2n) is 3.14. The maximum Gasteiger partial charge on any atom is 0.211 e. The fourth-order valence-corrected chi connectivity index (χ4v) is 2.16. The maximum atomic E-state index is 13.1. The normalized spacial score (nSPS) is 30.3. The summed E-state index contributed by atoms with van der Waals surface area (Å²) in [7, 11) is -3.27. The molecule has 0 spiro atoms. The Labute approximate surface area is 77.9 Å². The molecule has 0 saturated carbocycles. The van der Waals surface area contributed by atoms with Crippen LogP contribution in [0, 0.1) is 0 Å². The monoisotopic (exact) mass is 210 g/mol. The molecule has 0 radical (unpaired) electrons. The third-order valence-electron chi connectivity index (χ3n) is 2.12. The molecule has 1 aliphatic heterocycles. The van der Waals surface area contributed by atoms with Crippen LogP contribution in [0.1, 0.15) is 13.3 Å². The predicted molar refractivity (Wildman–Crippen MR) is 48.8 cm³/mol. The molecule has 0 aromatic heterocycles. The molecular formula is C7H15FN2O2S. The standard InChI is InChI=1S/C7H15FN2O2S/c1-2-13(11,12)10-7-3-4-9-5-6(7)8/h6-7,9-10H,2-5H2,1H3. The van der Waals surface area contributed by atoms with Gasteiger partial charge in [0.25, 0.3) is 0 Å². The highest BCUT2D eigenvalue weighted by atomic mass is 32.2. The highest BCUT2D eigenvalue weighted by Gasteiger charge is 2.27. The molecule has 1 aliphatic rings. The van der Waals surface area contributed by atoms with Crippen molar-refractivity contribution in [2.24, 2.45) is 0 Å². The van der Waals surface area contributed by atoms with Crippen molar-refractivity contribution in [2.75, 3.05) is 18.8 Å².